The summed E-state index contributed by atoms with van der Waals surface area (Å²) in [5.74, 6) is -1.05. The van der Waals surface area contributed by atoms with Crippen LogP contribution in [0, 0.1) is 19.8 Å². The van der Waals surface area contributed by atoms with Gasteiger partial charge in [-0.2, -0.15) is 0 Å². The van der Waals surface area contributed by atoms with Crippen LogP contribution in [0.25, 0.3) is 0 Å². The predicted octanol–water partition coefficient (Wildman–Crippen LogP) is 3.38. The molecule has 2 aromatic rings. The molecule has 148 valence electrons. The first kappa shape index (κ1) is 20.1. The van der Waals surface area contributed by atoms with Gasteiger partial charge in [0.15, 0.2) is 6.61 Å². The summed E-state index contributed by atoms with van der Waals surface area (Å²) in [6.45, 7) is 5.43. The van der Waals surface area contributed by atoms with E-state index in [0.29, 0.717) is 22.0 Å². The molecule has 1 aliphatic carbocycles. The van der Waals surface area contributed by atoms with E-state index < -0.39 is 24.4 Å². The van der Waals surface area contributed by atoms with E-state index >= 15 is 0 Å². The molecule has 3 N–H and O–H groups in total. The lowest BCUT2D eigenvalue weighted by Gasteiger charge is -2.18. The Morgan fingerprint density at radius 1 is 1.29 bits per heavy atom. The summed E-state index contributed by atoms with van der Waals surface area (Å²) in [5, 5.41) is 3.14. The molecule has 1 aromatic carbocycles. The van der Waals surface area contributed by atoms with Crippen LogP contribution in [0.5, 0.6) is 0 Å². The number of amides is 2. The zero-order chi connectivity index (χ0) is 20.4. The van der Waals surface area contributed by atoms with Gasteiger partial charge >= 0.3 is 5.97 Å². The Morgan fingerprint density at radius 2 is 2.04 bits per heavy atom. The lowest BCUT2D eigenvalue weighted by molar-refractivity contribution is -0.119. The van der Waals surface area contributed by atoms with Gasteiger partial charge in [0.05, 0.1) is 11.1 Å². The number of primary amides is 1. The first-order chi connectivity index (χ1) is 13.3. The molecule has 6 nitrogen and oxygen atoms in total. The molecule has 1 aliphatic rings. The summed E-state index contributed by atoms with van der Waals surface area (Å²) < 4.78 is 5.15. The minimum atomic E-state index is -0.550. The second kappa shape index (κ2) is 8.14. The molecule has 1 heterocycles. The number of esters is 1. The van der Waals surface area contributed by atoms with Crippen molar-refractivity contribution in [3.05, 3.63) is 50.9 Å². The van der Waals surface area contributed by atoms with Crippen molar-refractivity contribution in [1.29, 1.82) is 0 Å². The molecule has 0 saturated heterocycles. The van der Waals surface area contributed by atoms with Crippen molar-refractivity contribution in [2.75, 3.05) is 11.9 Å². The Balaban J connectivity index is 1.69. The van der Waals surface area contributed by atoms with Crippen LogP contribution < -0.4 is 11.1 Å². The number of ether oxygens (including phenoxy) is 1. The molecule has 2 amide bonds. The van der Waals surface area contributed by atoms with Crippen molar-refractivity contribution < 1.29 is 19.1 Å². The zero-order valence-corrected chi connectivity index (χ0v) is 17.1. The number of nitrogens with two attached hydrogens (primary N) is 1. The van der Waals surface area contributed by atoms with E-state index in [2.05, 4.69) is 12.2 Å². The third-order valence-corrected chi connectivity index (χ3v) is 6.13. The molecule has 0 unspecified atom stereocenters. The average molecular weight is 401 g/mol. The van der Waals surface area contributed by atoms with Gasteiger partial charge in [-0.3, -0.25) is 9.59 Å². The molecule has 1 aromatic heterocycles. The van der Waals surface area contributed by atoms with Crippen LogP contribution in [0.3, 0.4) is 0 Å². The predicted molar refractivity (Wildman–Crippen MR) is 109 cm³/mol. The van der Waals surface area contributed by atoms with Gasteiger partial charge in [-0.25, -0.2) is 4.79 Å². The van der Waals surface area contributed by atoms with Gasteiger partial charge < -0.3 is 15.8 Å². The van der Waals surface area contributed by atoms with Crippen LogP contribution in [-0.4, -0.2) is 24.4 Å². The van der Waals surface area contributed by atoms with Crippen LogP contribution in [0.2, 0.25) is 0 Å². The minimum Gasteiger partial charge on any atom is -0.452 e. The highest BCUT2D eigenvalue weighted by Gasteiger charge is 2.27. The summed E-state index contributed by atoms with van der Waals surface area (Å²) in [7, 11) is 0. The first-order valence-electron chi connectivity index (χ1n) is 9.24. The van der Waals surface area contributed by atoms with E-state index in [4.69, 9.17) is 10.5 Å². The van der Waals surface area contributed by atoms with Crippen molar-refractivity contribution in [3.8, 4) is 0 Å². The molecule has 1 atom stereocenters. The number of hydrogen-bond donors (Lipinski definition) is 2. The van der Waals surface area contributed by atoms with Crippen molar-refractivity contribution in [2.24, 2.45) is 11.7 Å². The minimum absolute atomic E-state index is 0.390. The summed E-state index contributed by atoms with van der Waals surface area (Å²) in [5.41, 5.74) is 9.04. The van der Waals surface area contributed by atoms with E-state index in [1.807, 2.05) is 26.0 Å². The Hall–Kier alpha value is -2.67. The fourth-order valence-corrected chi connectivity index (χ4v) is 4.86. The zero-order valence-electron chi connectivity index (χ0n) is 16.3. The van der Waals surface area contributed by atoms with Gasteiger partial charge in [0, 0.05) is 4.88 Å². The number of rotatable bonds is 5. The Bertz CT molecular complexity index is 948. The Morgan fingerprint density at radius 3 is 2.75 bits per heavy atom. The van der Waals surface area contributed by atoms with Crippen molar-refractivity contribution >= 4 is 34.1 Å². The SMILES string of the molecule is Cc1ccc(C)c(C(=O)OCC(=O)Nc2sc3c(c2C(N)=O)CC[C@@H](C)C3)c1. The van der Waals surface area contributed by atoms with Gasteiger partial charge in [0.25, 0.3) is 11.8 Å². The molecule has 0 saturated carbocycles. The van der Waals surface area contributed by atoms with Crippen LogP contribution in [0.4, 0.5) is 5.00 Å². The second-order valence-corrected chi connectivity index (χ2v) is 8.47. The van der Waals surface area contributed by atoms with Gasteiger partial charge in [-0.05, 0) is 56.2 Å². The Labute approximate surface area is 168 Å². The maximum Gasteiger partial charge on any atom is 0.338 e. The van der Waals surface area contributed by atoms with Gasteiger partial charge in [0.1, 0.15) is 5.00 Å². The fourth-order valence-electron chi connectivity index (χ4n) is 3.43. The number of anilines is 1. The Kier molecular flexibility index (Phi) is 5.84. The molecule has 0 aliphatic heterocycles. The number of carbonyl (C=O) groups is 3. The first-order valence-corrected chi connectivity index (χ1v) is 10.1. The van der Waals surface area contributed by atoms with Gasteiger partial charge in [0.2, 0.25) is 0 Å². The van der Waals surface area contributed by atoms with Crippen molar-refractivity contribution in [3.63, 3.8) is 0 Å². The van der Waals surface area contributed by atoms with E-state index in [1.54, 1.807) is 6.07 Å². The lowest BCUT2D eigenvalue weighted by atomic mass is 9.88. The molecule has 3 rings (SSSR count). The summed E-state index contributed by atoms with van der Waals surface area (Å²) in [4.78, 5) is 37.6. The molecule has 0 fully saturated rings. The number of hydrogen-bond acceptors (Lipinski definition) is 5. The maximum absolute atomic E-state index is 12.3. The summed E-state index contributed by atoms with van der Waals surface area (Å²) >= 11 is 1.38. The third-order valence-electron chi connectivity index (χ3n) is 4.96. The topological polar surface area (TPSA) is 98.5 Å². The fraction of sp³-hybridized carbons (Fsp3) is 0.381. The molecule has 0 radical (unpaired) electrons. The highest BCUT2D eigenvalue weighted by molar-refractivity contribution is 7.17. The van der Waals surface area contributed by atoms with Crippen LogP contribution >= 0.6 is 11.3 Å². The monoisotopic (exact) mass is 400 g/mol. The molecule has 0 spiro atoms. The largest absolute Gasteiger partial charge is 0.452 e. The molecule has 7 heteroatoms. The number of carbonyl (C=O) groups excluding carboxylic acids is 3. The van der Waals surface area contributed by atoms with Gasteiger partial charge in [-0.1, -0.05) is 24.6 Å². The number of thiophene rings is 1. The van der Waals surface area contributed by atoms with Crippen LogP contribution in [0.15, 0.2) is 18.2 Å². The number of fused-ring (bicyclic) bond motifs is 1. The van der Waals surface area contributed by atoms with E-state index in [-0.39, 0.29) is 0 Å². The van der Waals surface area contributed by atoms with E-state index in [9.17, 15) is 14.4 Å². The molecular formula is C21H24N2O4S. The maximum atomic E-state index is 12.3. The second-order valence-electron chi connectivity index (χ2n) is 7.36. The molecule has 28 heavy (non-hydrogen) atoms. The molecular weight excluding hydrogens is 376 g/mol. The quantitative estimate of drug-likeness (QED) is 0.752. The summed E-state index contributed by atoms with van der Waals surface area (Å²) in [6, 6.07) is 5.47. The highest BCUT2D eigenvalue weighted by Crippen LogP contribution is 2.39. The van der Waals surface area contributed by atoms with Crippen molar-refractivity contribution in [2.45, 2.75) is 40.0 Å². The lowest BCUT2D eigenvalue weighted by Crippen LogP contribution is -2.23. The average Bonchev–Trinajstić information content (AvgIpc) is 2.98. The van der Waals surface area contributed by atoms with Gasteiger partial charge in [-0.15, -0.1) is 11.3 Å². The molecule has 0 bridgehead atoms. The van der Waals surface area contributed by atoms with E-state index in [0.717, 1.165) is 40.8 Å². The summed E-state index contributed by atoms with van der Waals surface area (Å²) in [6.07, 6.45) is 2.64. The third kappa shape index (κ3) is 4.25. The highest BCUT2D eigenvalue weighted by atomic mass is 32.1. The van der Waals surface area contributed by atoms with Crippen LogP contribution in [0.1, 0.15) is 55.6 Å². The van der Waals surface area contributed by atoms with E-state index in [1.165, 1.54) is 11.3 Å². The smallest absolute Gasteiger partial charge is 0.338 e. The number of aryl methyl sites for hydroxylation is 2. The van der Waals surface area contributed by atoms with Crippen LogP contribution in [-0.2, 0) is 22.4 Å². The van der Waals surface area contributed by atoms with Crippen molar-refractivity contribution in [1.82, 2.24) is 0 Å². The number of benzene rings is 1. The normalized spacial score (nSPS) is 15.6. The number of nitrogens with one attached hydrogen (secondary N) is 1. The standard InChI is InChI=1S/C21H24N2O4S/c1-11-4-6-13(3)15(8-11)21(26)27-10-17(24)23-20-18(19(22)25)14-7-5-12(2)9-16(14)28-20/h4,6,8,12H,5,7,9-10H2,1-3H3,(H2,22,25)(H,23,24)/t12-/m1/s1.